The van der Waals surface area contributed by atoms with Crippen molar-refractivity contribution in [2.24, 2.45) is 0 Å². The third-order valence-corrected chi connectivity index (χ3v) is 3.20. The van der Waals surface area contributed by atoms with Crippen LogP contribution in [0.25, 0.3) is 0 Å². The second-order valence-electron chi connectivity index (χ2n) is 5.28. The number of benzene rings is 1. The van der Waals surface area contributed by atoms with E-state index in [9.17, 15) is 4.39 Å². The number of likely N-dealkylation sites (N-methyl/N-ethyl adjacent to an activating group) is 1. The highest BCUT2D eigenvalue weighted by molar-refractivity contribution is 5.58. The van der Waals surface area contributed by atoms with Crippen LogP contribution < -0.4 is 10.1 Å². The SMILES string of the molecule is CN(C)CCOc1cc(CNc2cccc(F)c2C#N)ccn1. The lowest BCUT2D eigenvalue weighted by molar-refractivity contribution is 0.253. The first kappa shape index (κ1) is 16.7. The number of halogens is 1. The average molecular weight is 314 g/mol. The maximum Gasteiger partial charge on any atom is 0.213 e. The quantitative estimate of drug-likeness (QED) is 0.851. The van der Waals surface area contributed by atoms with E-state index in [4.69, 9.17) is 10.00 Å². The molecule has 6 heteroatoms. The summed E-state index contributed by atoms with van der Waals surface area (Å²) in [6.07, 6.45) is 1.67. The molecule has 0 bridgehead atoms. The predicted octanol–water partition coefficient (Wildman–Crippen LogP) is 2.64. The van der Waals surface area contributed by atoms with Crippen LogP contribution in [0.5, 0.6) is 5.88 Å². The van der Waals surface area contributed by atoms with E-state index in [1.807, 2.05) is 37.2 Å². The first-order valence-electron chi connectivity index (χ1n) is 7.25. The standard InChI is InChI=1S/C17H19FN4O/c1-22(2)8-9-23-17-10-13(6-7-20-17)12-21-16-5-3-4-15(18)14(16)11-19/h3-7,10,21H,8-9,12H2,1-2H3. The van der Waals surface area contributed by atoms with E-state index in [0.29, 0.717) is 24.7 Å². The minimum Gasteiger partial charge on any atom is -0.476 e. The van der Waals surface area contributed by atoms with Crippen LogP contribution in [0.4, 0.5) is 10.1 Å². The van der Waals surface area contributed by atoms with Gasteiger partial charge in [-0.15, -0.1) is 0 Å². The monoisotopic (exact) mass is 314 g/mol. The molecule has 1 N–H and O–H groups in total. The molecule has 1 aromatic carbocycles. The van der Waals surface area contributed by atoms with Crippen LogP contribution in [0, 0.1) is 17.1 Å². The van der Waals surface area contributed by atoms with Crippen molar-refractivity contribution in [3.05, 3.63) is 53.5 Å². The van der Waals surface area contributed by atoms with Gasteiger partial charge in [-0.1, -0.05) is 6.07 Å². The van der Waals surface area contributed by atoms with E-state index in [2.05, 4.69) is 10.3 Å². The summed E-state index contributed by atoms with van der Waals surface area (Å²) in [5.41, 5.74) is 1.43. The van der Waals surface area contributed by atoms with E-state index in [1.54, 1.807) is 18.3 Å². The first-order valence-corrected chi connectivity index (χ1v) is 7.25. The van der Waals surface area contributed by atoms with Crippen LogP contribution in [-0.4, -0.2) is 37.1 Å². The summed E-state index contributed by atoms with van der Waals surface area (Å²) in [5.74, 6) is 0.0193. The molecule has 0 fully saturated rings. The van der Waals surface area contributed by atoms with Gasteiger partial charge in [0, 0.05) is 25.4 Å². The predicted molar refractivity (Wildman–Crippen MR) is 86.7 cm³/mol. The minimum absolute atomic E-state index is 0.0176. The highest BCUT2D eigenvalue weighted by Gasteiger charge is 2.07. The molecule has 0 aliphatic carbocycles. The molecule has 0 aliphatic heterocycles. The number of anilines is 1. The maximum atomic E-state index is 13.5. The lowest BCUT2D eigenvalue weighted by Crippen LogP contribution is -2.19. The second kappa shape index (κ2) is 8.11. The van der Waals surface area contributed by atoms with Crippen LogP contribution in [0.15, 0.2) is 36.5 Å². The van der Waals surface area contributed by atoms with Gasteiger partial charge >= 0.3 is 0 Å². The summed E-state index contributed by atoms with van der Waals surface area (Å²) in [6.45, 7) is 1.81. The summed E-state index contributed by atoms with van der Waals surface area (Å²) in [6, 6.07) is 10.1. The molecule has 0 aliphatic rings. The van der Waals surface area contributed by atoms with E-state index in [1.165, 1.54) is 6.07 Å². The zero-order chi connectivity index (χ0) is 16.7. The Balaban J connectivity index is 1.99. The fourth-order valence-electron chi connectivity index (χ4n) is 1.95. The zero-order valence-corrected chi connectivity index (χ0v) is 13.2. The van der Waals surface area contributed by atoms with Gasteiger partial charge in [0.05, 0.1) is 5.69 Å². The molecule has 0 saturated carbocycles. The molecule has 0 spiro atoms. The molecular weight excluding hydrogens is 295 g/mol. The fraction of sp³-hybridized carbons (Fsp3) is 0.294. The van der Waals surface area contributed by atoms with Crippen molar-refractivity contribution >= 4 is 5.69 Å². The molecule has 120 valence electrons. The molecular formula is C17H19FN4O. The molecule has 0 saturated heterocycles. The molecule has 5 nitrogen and oxygen atoms in total. The maximum absolute atomic E-state index is 13.5. The summed E-state index contributed by atoms with van der Waals surface area (Å²) in [7, 11) is 3.95. The highest BCUT2D eigenvalue weighted by Crippen LogP contribution is 2.19. The Morgan fingerprint density at radius 3 is 2.91 bits per heavy atom. The smallest absolute Gasteiger partial charge is 0.213 e. The summed E-state index contributed by atoms with van der Waals surface area (Å²) >= 11 is 0. The number of nitriles is 1. The number of rotatable bonds is 7. The van der Waals surface area contributed by atoms with Gasteiger partial charge in [0.1, 0.15) is 24.1 Å². The zero-order valence-electron chi connectivity index (χ0n) is 13.2. The third kappa shape index (κ3) is 4.94. The number of nitrogens with zero attached hydrogens (tertiary/aromatic N) is 3. The van der Waals surface area contributed by atoms with Gasteiger partial charge in [0.15, 0.2) is 0 Å². The summed E-state index contributed by atoms with van der Waals surface area (Å²) < 4.78 is 19.1. The number of hydrogen-bond acceptors (Lipinski definition) is 5. The first-order chi connectivity index (χ1) is 11.1. The van der Waals surface area contributed by atoms with Crippen molar-refractivity contribution in [3.8, 4) is 11.9 Å². The van der Waals surface area contributed by atoms with Gasteiger partial charge in [-0.2, -0.15) is 5.26 Å². The Morgan fingerprint density at radius 2 is 2.17 bits per heavy atom. The molecule has 23 heavy (non-hydrogen) atoms. The lowest BCUT2D eigenvalue weighted by Gasteiger charge is -2.12. The fourth-order valence-corrected chi connectivity index (χ4v) is 1.95. The van der Waals surface area contributed by atoms with Crippen molar-refractivity contribution < 1.29 is 9.13 Å². The van der Waals surface area contributed by atoms with Crippen molar-refractivity contribution in [2.45, 2.75) is 6.54 Å². The second-order valence-corrected chi connectivity index (χ2v) is 5.28. The number of hydrogen-bond donors (Lipinski definition) is 1. The minimum atomic E-state index is -0.528. The van der Waals surface area contributed by atoms with Gasteiger partial charge in [0.25, 0.3) is 0 Å². The molecule has 2 aromatic rings. The topological polar surface area (TPSA) is 61.2 Å². The number of aromatic nitrogens is 1. The molecule has 2 rings (SSSR count). The van der Waals surface area contributed by atoms with Crippen LogP contribution in [0.3, 0.4) is 0 Å². The Bertz CT molecular complexity index is 697. The lowest BCUT2D eigenvalue weighted by atomic mass is 10.1. The molecule has 1 aromatic heterocycles. The van der Waals surface area contributed by atoms with Crippen LogP contribution in [0.1, 0.15) is 11.1 Å². The largest absolute Gasteiger partial charge is 0.476 e. The van der Waals surface area contributed by atoms with Crippen molar-refractivity contribution in [2.75, 3.05) is 32.6 Å². The van der Waals surface area contributed by atoms with E-state index in [-0.39, 0.29) is 5.56 Å². The van der Waals surface area contributed by atoms with Crippen LogP contribution >= 0.6 is 0 Å². The van der Waals surface area contributed by atoms with Gasteiger partial charge in [-0.25, -0.2) is 9.37 Å². The average Bonchev–Trinajstić information content (AvgIpc) is 2.53. The van der Waals surface area contributed by atoms with Gasteiger partial charge in [-0.3, -0.25) is 0 Å². The molecule has 0 unspecified atom stereocenters. The van der Waals surface area contributed by atoms with Crippen molar-refractivity contribution in [3.63, 3.8) is 0 Å². The van der Waals surface area contributed by atoms with Crippen molar-refractivity contribution in [1.82, 2.24) is 9.88 Å². The normalized spacial score (nSPS) is 10.4. The van der Waals surface area contributed by atoms with Crippen LogP contribution in [-0.2, 0) is 6.54 Å². The van der Waals surface area contributed by atoms with Crippen LogP contribution in [0.2, 0.25) is 0 Å². The summed E-state index contributed by atoms with van der Waals surface area (Å²) in [4.78, 5) is 6.18. The number of ether oxygens (including phenoxy) is 1. The van der Waals surface area contributed by atoms with Gasteiger partial charge in [0.2, 0.25) is 5.88 Å². The molecule has 1 heterocycles. The van der Waals surface area contributed by atoms with E-state index >= 15 is 0 Å². The van der Waals surface area contributed by atoms with E-state index in [0.717, 1.165) is 12.1 Å². The Morgan fingerprint density at radius 1 is 1.35 bits per heavy atom. The Kier molecular flexibility index (Phi) is 5.89. The highest BCUT2D eigenvalue weighted by atomic mass is 19.1. The molecule has 0 amide bonds. The molecule has 0 radical (unpaired) electrons. The Labute approximate surface area is 135 Å². The number of nitrogens with one attached hydrogen (secondary N) is 1. The number of pyridine rings is 1. The van der Waals surface area contributed by atoms with E-state index < -0.39 is 5.82 Å². The summed E-state index contributed by atoms with van der Waals surface area (Å²) in [5, 5.41) is 12.1. The molecule has 0 atom stereocenters. The van der Waals surface area contributed by atoms with Gasteiger partial charge in [-0.05, 0) is 37.9 Å². The third-order valence-electron chi connectivity index (χ3n) is 3.20. The Hall–Kier alpha value is -2.65. The van der Waals surface area contributed by atoms with Crippen molar-refractivity contribution in [1.29, 1.82) is 5.26 Å². The van der Waals surface area contributed by atoms with Gasteiger partial charge < -0.3 is 15.0 Å².